The van der Waals surface area contributed by atoms with Crippen molar-refractivity contribution in [1.29, 1.82) is 0 Å². The van der Waals surface area contributed by atoms with Crippen LogP contribution in [0.5, 0.6) is 5.75 Å². The zero-order chi connectivity index (χ0) is 13.0. The molecule has 5 nitrogen and oxygen atoms in total. The van der Waals surface area contributed by atoms with Crippen LogP contribution in [0.2, 0.25) is 0 Å². The first-order valence-electron chi connectivity index (χ1n) is 6.04. The number of carbonyl (C=O) groups is 1. The van der Waals surface area contributed by atoms with Gasteiger partial charge in [0.05, 0.1) is 18.9 Å². The van der Waals surface area contributed by atoms with Crippen molar-refractivity contribution in [3.63, 3.8) is 0 Å². The molecule has 0 spiro atoms. The number of anilines is 2. The molecule has 1 aliphatic rings. The van der Waals surface area contributed by atoms with Crippen LogP contribution in [0.3, 0.4) is 0 Å². The third-order valence-corrected chi connectivity index (χ3v) is 3.00. The third-order valence-electron chi connectivity index (χ3n) is 3.00. The molecule has 0 bridgehead atoms. The summed E-state index contributed by atoms with van der Waals surface area (Å²) in [5.41, 5.74) is 6.82. The molecule has 0 aromatic heterocycles. The van der Waals surface area contributed by atoms with E-state index in [1.54, 1.807) is 25.3 Å². The molecule has 1 aromatic rings. The summed E-state index contributed by atoms with van der Waals surface area (Å²) in [7, 11) is 1.55. The molecule has 3 N–H and O–H groups in total. The number of benzene rings is 1. The minimum atomic E-state index is -0.189. The van der Waals surface area contributed by atoms with Crippen molar-refractivity contribution in [3.05, 3.63) is 18.2 Å². The van der Waals surface area contributed by atoms with E-state index in [-0.39, 0.29) is 18.6 Å². The van der Waals surface area contributed by atoms with Crippen LogP contribution < -0.4 is 15.8 Å². The molecule has 0 radical (unpaired) electrons. The van der Waals surface area contributed by atoms with Crippen molar-refractivity contribution < 1.29 is 14.3 Å². The van der Waals surface area contributed by atoms with E-state index < -0.39 is 0 Å². The van der Waals surface area contributed by atoms with E-state index in [0.29, 0.717) is 17.1 Å². The highest BCUT2D eigenvalue weighted by Crippen LogP contribution is 2.26. The minimum absolute atomic E-state index is 0.0720. The predicted octanol–water partition coefficient (Wildman–Crippen LogP) is 1.78. The van der Waals surface area contributed by atoms with E-state index in [9.17, 15) is 4.79 Å². The Kier molecular flexibility index (Phi) is 4.04. The maximum Gasteiger partial charge on any atom is 0.250 e. The maximum atomic E-state index is 11.7. The number of rotatable bonds is 5. The summed E-state index contributed by atoms with van der Waals surface area (Å²) in [5.74, 6) is 0.395. The number of ether oxygens (including phenoxy) is 2. The minimum Gasteiger partial charge on any atom is -0.495 e. The fourth-order valence-corrected chi connectivity index (χ4v) is 1.74. The van der Waals surface area contributed by atoms with Gasteiger partial charge >= 0.3 is 0 Å². The fourth-order valence-electron chi connectivity index (χ4n) is 1.74. The monoisotopic (exact) mass is 250 g/mol. The van der Waals surface area contributed by atoms with Gasteiger partial charge in [0.15, 0.2) is 0 Å². The molecule has 0 aliphatic heterocycles. The Bertz CT molecular complexity index is 430. The zero-order valence-electron chi connectivity index (χ0n) is 10.4. The van der Waals surface area contributed by atoms with E-state index in [1.807, 2.05) is 0 Å². The highest BCUT2D eigenvalue weighted by molar-refractivity contribution is 5.93. The van der Waals surface area contributed by atoms with E-state index >= 15 is 0 Å². The molecule has 0 heterocycles. The smallest absolute Gasteiger partial charge is 0.250 e. The van der Waals surface area contributed by atoms with Gasteiger partial charge in [-0.1, -0.05) is 0 Å². The molecule has 0 saturated heterocycles. The Morgan fingerprint density at radius 2 is 2.28 bits per heavy atom. The first-order chi connectivity index (χ1) is 8.69. The standard InChI is InChI=1S/C13H18N2O3/c1-17-12-6-5-9(14)7-11(12)15-13(16)8-18-10-3-2-4-10/h5-7,10H,2-4,8,14H2,1H3,(H,15,16). The molecule has 0 atom stereocenters. The van der Waals surface area contributed by atoms with Crippen LogP contribution in [0.25, 0.3) is 0 Å². The van der Waals surface area contributed by atoms with Crippen molar-refractivity contribution >= 4 is 17.3 Å². The summed E-state index contributed by atoms with van der Waals surface area (Å²) >= 11 is 0. The van der Waals surface area contributed by atoms with Gasteiger partial charge in [0, 0.05) is 5.69 Å². The SMILES string of the molecule is COc1ccc(N)cc1NC(=O)COC1CCC1. The van der Waals surface area contributed by atoms with Crippen molar-refractivity contribution in [2.45, 2.75) is 25.4 Å². The second-order valence-corrected chi connectivity index (χ2v) is 4.37. The first-order valence-corrected chi connectivity index (χ1v) is 6.04. The number of nitrogens with two attached hydrogens (primary N) is 1. The van der Waals surface area contributed by atoms with Gasteiger partial charge in [-0.05, 0) is 37.5 Å². The van der Waals surface area contributed by atoms with Gasteiger partial charge < -0.3 is 20.5 Å². The number of hydrogen-bond acceptors (Lipinski definition) is 4. The Balaban J connectivity index is 1.90. The topological polar surface area (TPSA) is 73.6 Å². The van der Waals surface area contributed by atoms with Crippen LogP contribution in [0.15, 0.2) is 18.2 Å². The van der Waals surface area contributed by atoms with Gasteiger partial charge in [0.1, 0.15) is 12.4 Å². The zero-order valence-corrected chi connectivity index (χ0v) is 10.4. The second kappa shape index (κ2) is 5.73. The molecule has 2 rings (SSSR count). The maximum absolute atomic E-state index is 11.7. The molecule has 98 valence electrons. The van der Waals surface area contributed by atoms with Gasteiger partial charge in [-0.15, -0.1) is 0 Å². The average molecular weight is 250 g/mol. The molecule has 1 saturated carbocycles. The summed E-state index contributed by atoms with van der Waals surface area (Å²) < 4.78 is 10.6. The third kappa shape index (κ3) is 3.13. The molecule has 1 fully saturated rings. The number of carbonyl (C=O) groups excluding carboxylic acids is 1. The van der Waals surface area contributed by atoms with Gasteiger partial charge in [0.25, 0.3) is 0 Å². The van der Waals surface area contributed by atoms with Crippen LogP contribution in [-0.2, 0) is 9.53 Å². The Labute approximate surface area is 106 Å². The summed E-state index contributed by atoms with van der Waals surface area (Å²) in [6, 6.07) is 5.11. The van der Waals surface area contributed by atoms with Crippen LogP contribution in [0.1, 0.15) is 19.3 Å². The fraction of sp³-hybridized carbons (Fsp3) is 0.462. The Morgan fingerprint density at radius 1 is 1.50 bits per heavy atom. The first kappa shape index (κ1) is 12.7. The summed E-state index contributed by atoms with van der Waals surface area (Å²) in [6.45, 7) is 0.0720. The summed E-state index contributed by atoms with van der Waals surface area (Å²) in [4.78, 5) is 11.7. The molecule has 5 heteroatoms. The summed E-state index contributed by atoms with van der Waals surface area (Å²) in [5, 5.41) is 2.74. The Hall–Kier alpha value is -1.75. The van der Waals surface area contributed by atoms with E-state index in [1.165, 1.54) is 6.42 Å². The second-order valence-electron chi connectivity index (χ2n) is 4.37. The van der Waals surface area contributed by atoms with Crippen LogP contribution in [0.4, 0.5) is 11.4 Å². The van der Waals surface area contributed by atoms with Crippen LogP contribution in [0, 0.1) is 0 Å². The van der Waals surface area contributed by atoms with Crippen molar-refractivity contribution in [2.24, 2.45) is 0 Å². The number of nitrogens with one attached hydrogen (secondary N) is 1. The van der Waals surface area contributed by atoms with Gasteiger partial charge in [-0.25, -0.2) is 0 Å². The van der Waals surface area contributed by atoms with Crippen molar-refractivity contribution in [3.8, 4) is 5.75 Å². The van der Waals surface area contributed by atoms with Gasteiger partial charge in [0.2, 0.25) is 5.91 Å². The molecule has 18 heavy (non-hydrogen) atoms. The predicted molar refractivity (Wildman–Crippen MR) is 69.6 cm³/mol. The number of amides is 1. The number of nitrogen functional groups attached to an aromatic ring is 1. The average Bonchev–Trinajstić information content (AvgIpc) is 2.27. The van der Waals surface area contributed by atoms with Crippen molar-refractivity contribution in [2.75, 3.05) is 24.8 Å². The van der Waals surface area contributed by atoms with Gasteiger partial charge in [-0.2, -0.15) is 0 Å². The van der Waals surface area contributed by atoms with E-state index in [0.717, 1.165) is 12.8 Å². The quantitative estimate of drug-likeness (QED) is 0.781. The van der Waals surface area contributed by atoms with E-state index in [4.69, 9.17) is 15.2 Å². The lowest BCUT2D eigenvalue weighted by Gasteiger charge is -2.25. The normalized spacial score (nSPS) is 14.9. The molecule has 1 aromatic carbocycles. The molecular weight excluding hydrogens is 232 g/mol. The number of hydrogen-bond donors (Lipinski definition) is 2. The Morgan fingerprint density at radius 3 is 2.89 bits per heavy atom. The van der Waals surface area contributed by atoms with Gasteiger partial charge in [-0.3, -0.25) is 4.79 Å². The molecular formula is C13H18N2O3. The molecule has 1 aliphatic carbocycles. The molecule has 0 unspecified atom stereocenters. The summed E-state index contributed by atoms with van der Waals surface area (Å²) in [6.07, 6.45) is 3.54. The lowest BCUT2D eigenvalue weighted by atomic mass is 9.96. The van der Waals surface area contributed by atoms with Crippen LogP contribution in [-0.4, -0.2) is 25.7 Å². The lowest BCUT2D eigenvalue weighted by Crippen LogP contribution is -2.27. The highest BCUT2D eigenvalue weighted by atomic mass is 16.5. The van der Waals surface area contributed by atoms with Crippen LogP contribution >= 0.6 is 0 Å². The number of methoxy groups -OCH3 is 1. The largest absolute Gasteiger partial charge is 0.495 e. The highest BCUT2D eigenvalue weighted by Gasteiger charge is 2.19. The van der Waals surface area contributed by atoms with E-state index in [2.05, 4.69) is 5.32 Å². The molecule has 1 amide bonds. The lowest BCUT2D eigenvalue weighted by molar-refractivity contribution is -0.124. The van der Waals surface area contributed by atoms with Crippen molar-refractivity contribution in [1.82, 2.24) is 0 Å².